The van der Waals surface area contributed by atoms with E-state index in [0.717, 1.165) is 6.54 Å². The molecule has 3 heteroatoms. The van der Waals surface area contributed by atoms with Gasteiger partial charge in [-0.3, -0.25) is 9.69 Å². The Morgan fingerprint density at radius 3 is 2.53 bits per heavy atom. The molecule has 2 atom stereocenters. The van der Waals surface area contributed by atoms with Gasteiger partial charge in [0, 0.05) is 18.6 Å². The lowest BCUT2D eigenvalue weighted by molar-refractivity contribution is -0.142. The molecule has 0 heterocycles. The Bertz CT molecular complexity index is 402. The monoisotopic (exact) mass is 261 g/mol. The van der Waals surface area contributed by atoms with Crippen molar-refractivity contribution >= 4 is 5.97 Å². The van der Waals surface area contributed by atoms with Gasteiger partial charge >= 0.3 is 5.97 Å². The number of methoxy groups -OCH3 is 1. The van der Waals surface area contributed by atoms with Gasteiger partial charge < -0.3 is 4.74 Å². The van der Waals surface area contributed by atoms with Crippen LogP contribution in [-0.4, -0.2) is 30.6 Å². The summed E-state index contributed by atoms with van der Waals surface area (Å²) in [6.07, 6.45) is 2.26. The molecule has 0 aliphatic rings. The Morgan fingerprint density at radius 2 is 2.00 bits per heavy atom. The minimum absolute atomic E-state index is 0.112. The molecule has 104 valence electrons. The molecule has 1 rings (SSSR count). The molecule has 0 saturated carbocycles. The van der Waals surface area contributed by atoms with Crippen molar-refractivity contribution in [1.29, 1.82) is 0 Å². The third-order valence-electron chi connectivity index (χ3n) is 3.38. The molecule has 0 aliphatic carbocycles. The van der Waals surface area contributed by atoms with Crippen molar-refractivity contribution < 1.29 is 9.53 Å². The number of benzene rings is 1. The normalized spacial score (nSPS) is 13.9. The van der Waals surface area contributed by atoms with Gasteiger partial charge in [0.15, 0.2) is 0 Å². The van der Waals surface area contributed by atoms with Crippen LogP contribution in [0.2, 0.25) is 0 Å². The molecule has 0 bridgehead atoms. The predicted octanol–water partition coefficient (Wildman–Crippen LogP) is 3.19. The van der Waals surface area contributed by atoms with E-state index in [1.807, 2.05) is 31.2 Å². The number of rotatable bonds is 7. The first-order valence-electron chi connectivity index (χ1n) is 6.58. The number of esters is 1. The smallest absolute Gasteiger partial charge is 0.307 e. The molecule has 1 aromatic carbocycles. The molecule has 0 radical (unpaired) electrons. The summed E-state index contributed by atoms with van der Waals surface area (Å²) in [5.41, 5.74) is 1.24. The van der Waals surface area contributed by atoms with E-state index in [2.05, 4.69) is 30.5 Å². The second-order valence-electron chi connectivity index (χ2n) is 4.70. The van der Waals surface area contributed by atoms with Crippen molar-refractivity contribution in [2.24, 2.45) is 0 Å². The molecule has 0 fully saturated rings. The molecule has 0 aliphatic heterocycles. The zero-order valence-electron chi connectivity index (χ0n) is 12.0. The van der Waals surface area contributed by atoms with Gasteiger partial charge in [-0.05, 0) is 19.4 Å². The van der Waals surface area contributed by atoms with E-state index in [9.17, 15) is 4.79 Å². The highest BCUT2D eigenvalue weighted by atomic mass is 16.5. The molecule has 0 spiro atoms. The maximum absolute atomic E-state index is 11.4. The minimum atomic E-state index is -0.179. The van der Waals surface area contributed by atoms with Crippen molar-refractivity contribution in [3.05, 3.63) is 48.6 Å². The Kier molecular flexibility index (Phi) is 6.30. The standard InChI is InChI=1S/C16H23NO2/c1-5-11-17(13(2)12-16(18)19-4)14(3)15-9-7-6-8-10-15/h5-10,13-14H,1,11-12H2,2-4H3/t13-,14-/m1/s1. The zero-order valence-corrected chi connectivity index (χ0v) is 12.0. The van der Waals surface area contributed by atoms with Crippen LogP contribution in [0.3, 0.4) is 0 Å². The highest BCUT2D eigenvalue weighted by Gasteiger charge is 2.22. The Hall–Kier alpha value is -1.61. The number of hydrogen-bond acceptors (Lipinski definition) is 3. The van der Waals surface area contributed by atoms with Crippen LogP contribution in [0.1, 0.15) is 31.9 Å². The van der Waals surface area contributed by atoms with Gasteiger partial charge in [-0.15, -0.1) is 6.58 Å². The van der Waals surface area contributed by atoms with Crippen LogP contribution in [0.25, 0.3) is 0 Å². The second-order valence-corrected chi connectivity index (χ2v) is 4.70. The van der Waals surface area contributed by atoms with Crippen LogP contribution in [0.4, 0.5) is 0 Å². The Balaban J connectivity index is 2.81. The van der Waals surface area contributed by atoms with E-state index in [4.69, 9.17) is 4.74 Å². The third kappa shape index (κ3) is 4.52. The SMILES string of the molecule is C=CCN([C@H](C)CC(=O)OC)[C@H](C)c1ccccc1. The van der Waals surface area contributed by atoms with E-state index >= 15 is 0 Å². The molecule has 0 unspecified atom stereocenters. The second kappa shape index (κ2) is 7.74. The summed E-state index contributed by atoms with van der Waals surface area (Å²) in [6.45, 7) is 8.73. The summed E-state index contributed by atoms with van der Waals surface area (Å²) in [6, 6.07) is 10.6. The number of ether oxygens (including phenoxy) is 1. The van der Waals surface area contributed by atoms with Crippen molar-refractivity contribution in [2.75, 3.05) is 13.7 Å². The van der Waals surface area contributed by atoms with Crippen LogP contribution >= 0.6 is 0 Å². The van der Waals surface area contributed by atoms with E-state index in [0.29, 0.717) is 6.42 Å². The quantitative estimate of drug-likeness (QED) is 0.557. The van der Waals surface area contributed by atoms with Gasteiger partial charge in [0.25, 0.3) is 0 Å². The average molecular weight is 261 g/mol. The summed E-state index contributed by atoms with van der Waals surface area (Å²) in [5.74, 6) is -0.179. The van der Waals surface area contributed by atoms with Gasteiger partial charge in [0.05, 0.1) is 13.5 Å². The predicted molar refractivity (Wildman–Crippen MR) is 77.9 cm³/mol. The molecule has 3 nitrogen and oxygen atoms in total. The fraction of sp³-hybridized carbons (Fsp3) is 0.438. The third-order valence-corrected chi connectivity index (χ3v) is 3.38. The van der Waals surface area contributed by atoms with Gasteiger partial charge in [-0.2, -0.15) is 0 Å². The number of carbonyl (C=O) groups is 1. The average Bonchev–Trinajstić information content (AvgIpc) is 2.44. The van der Waals surface area contributed by atoms with E-state index in [1.54, 1.807) is 0 Å². The van der Waals surface area contributed by atoms with Gasteiger partial charge in [-0.1, -0.05) is 36.4 Å². The van der Waals surface area contributed by atoms with Crippen LogP contribution in [0, 0.1) is 0 Å². The van der Waals surface area contributed by atoms with E-state index < -0.39 is 0 Å². The fourth-order valence-electron chi connectivity index (χ4n) is 2.23. The van der Waals surface area contributed by atoms with Crippen molar-refractivity contribution in [3.63, 3.8) is 0 Å². The molecular weight excluding hydrogens is 238 g/mol. The van der Waals surface area contributed by atoms with Gasteiger partial charge in [0.1, 0.15) is 0 Å². The summed E-state index contributed by atoms with van der Waals surface area (Å²) < 4.78 is 4.74. The van der Waals surface area contributed by atoms with E-state index in [-0.39, 0.29) is 18.1 Å². The van der Waals surface area contributed by atoms with Crippen LogP contribution in [-0.2, 0) is 9.53 Å². The summed E-state index contributed by atoms with van der Waals surface area (Å²) >= 11 is 0. The lowest BCUT2D eigenvalue weighted by atomic mass is 10.0. The minimum Gasteiger partial charge on any atom is -0.469 e. The zero-order chi connectivity index (χ0) is 14.3. The highest BCUT2D eigenvalue weighted by molar-refractivity contribution is 5.69. The van der Waals surface area contributed by atoms with Crippen molar-refractivity contribution in [1.82, 2.24) is 4.90 Å². The summed E-state index contributed by atoms with van der Waals surface area (Å²) in [5, 5.41) is 0. The number of carbonyl (C=O) groups excluding carboxylic acids is 1. The molecule has 0 saturated heterocycles. The largest absolute Gasteiger partial charge is 0.469 e. The molecule has 1 aromatic rings. The molecule has 0 aromatic heterocycles. The lowest BCUT2D eigenvalue weighted by Gasteiger charge is -2.33. The first kappa shape index (κ1) is 15.4. The summed E-state index contributed by atoms with van der Waals surface area (Å²) in [4.78, 5) is 13.7. The molecule has 19 heavy (non-hydrogen) atoms. The maximum Gasteiger partial charge on any atom is 0.307 e. The van der Waals surface area contributed by atoms with Crippen LogP contribution < -0.4 is 0 Å². The lowest BCUT2D eigenvalue weighted by Crippen LogP contribution is -2.37. The van der Waals surface area contributed by atoms with Crippen LogP contribution in [0.15, 0.2) is 43.0 Å². The van der Waals surface area contributed by atoms with Crippen molar-refractivity contribution in [2.45, 2.75) is 32.4 Å². The van der Waals surface area contributed by atoms with Gasteiger partial charge in [-0.25, -0.2) is 0 Å². The maximum atomic E-state index is 11.4. The van der Waals surface area contributed by atoms with Crippen molar-refractivity contribution in [3.8, 4) is 0 Å². The number of nitrogens with zero attached hydrogens (tertiary/aromatic N) is 1. The molecule has 0 amide bonds. The highest BCUT2D eigenvalue weighted by Crippen LogP contribution is 2.23. The van der Waals surface area contributed by atoms with E-state index in [1.165, 1.54) is 12.7 Å². The van der Waals surface area contributed by atoms with Gasteiger partial charge in [0.2, 0.25) is 0 Å². The summed E-state index contributed by atoms with van der Waals surface area (Å²) in [7, 11) is 1.42. The van der Waals surface area contributed by atoms with Crippen LogP contribution in [0.5, 0.6) is 0 Å². The Morgan fingerprint density at radius 1 is 1.37 bits per heavy atom. The topological polar surface area (TPSA) is 29.5 Å². The molecule has 0 N–H and O–H groups in total. The first-order valence-corrected chi connectivity index (χ1v) is 6.58. The fourth-order valence-corrected chi connectivity index (χ4v) is 2.23. The number of hydrogen-bond donors (Lipinski definition) is 0. The first-order chi connectivity index (χ1) is 9.10. The Labute approximate surface area is 115 Å². The molecular formula is C16H23NO2.